The number of thiophene rings is 1. The second-order valence-corrected chi connectivity index (χ2v) is 8.26. The second-order valence-electron chi connectivity index (χ2n) is 7.40. The van der Waals surface area contributed by atoms with E-state index < -0.39 is 5.97 Å². The predicted octanol–water partition coefficient (Wildman–Crippen LogP) is 4.39. The normalized spacial score (nSPS) is 19.6. The van der Waals surface area contributed by atoms with Crippen molar-refractivity contribution in [3.63, 3.8) is 0 Å². The van der Waals surface area contributed by atoms with Gasteiger partial charge in [-0.2, -0.15) is 0 Å². The molecule has 0 N–H and O–H groups in total. The van der Waals surface area contributed by atoms with E-state index in [2.05, 4.69) is 11.9 Å². The summed E-state index contributed by atoms with van der Waals surface area (Å²) in [5.41, 5.74) is 1.14. The van der Waals surface area contributed by atoms with Crippen LogP contribution < -0.4 is 5.56 Å². The number of hydrogen-bond donors (Lipinski definition) is 0. The largest absolute Gasteiger partial charge is 0.461 e. The number of nitrogens with zero attached hydrogens (tertiary/aromatic N) is 2. The Morgan fingerprint density at radius 2 is 2.11 bits per heavy atom. The molecular weight excluding hydrogens is 379 g/mol. The Balaban J connectivity index is 1.59. The van der Waals surface area contributed by atoms with Gasteiger partial charge in [0.15, 0.2) is 0 Å². The van der Waals surface area contributed by atoms with Gasteiger partial charge >= 0.3 is 5.97 Å². The molecule has 4 rings (SSSR count). The van der Waals surface area contributed by atoms with Crippen LogP contribution in [0.2, 0.25) is 0 Å². The summed E-state index contributed by atoms with van der Waals surface area (Å²) >= 11 is 1.35. The lowest BCUT2D eigenvalue weighted by Crippen LogP contribution is -2.30. The highest BCUT2D eigenvalue weighted by molar-refractivity contribution is 7.17. The van der Waals surface area contributed by atoms with Crippen LogP contribution in [-0.2, 0) is 16.1 Å². The molecule has 146 valence electrons. The first-order chi connectivity index (χ1) is 13.5. The molecule has 1 aliphatic rings. The lowest BCUT2D eigenvalue weighted by molar-refractivity contribution is -0.152. The highest BCUT2D eigenvalue weighted by atomic mass is 32.1. The molecule has 2 atom stereocenters. The Kier molecular flexibility index (Phi) is 5.26. The van der Waals surface area contributed by atoms with Crippen LogP contribution in [0.4, 0.5) is 4.39 Å². The first-order valence-corrected chi connectivity index (χ1v) is 10.3. The molecule has 0 amide bonds. The van der Waals surface area contributed by atoms with E-state index in [1.807, 2.05) is 5.38 Å². The highest BCUT2D eigenvalue weighted by Crippen LogP contribution is 2.30. The van der Waals surface area contributed by atoms with Crippen molar-refractivity contribution in [1.29, 1.82) is 0 Å². The quantitative estimate of drug-likeness (QED) is 0.610. The maximum atomic E-state index is 13.2. The number of rotatable bonds is 4. The average Bonchev–Trinajstić information content (AvgIpc) is 3.09. The van der Waals surface area contributed by atoms with Crippen LogP contribution in [0, 0.1) is 11.7 Å². The molecule has 0 spiro atoms. The van der Waals surface area contributed by atoms with Crippen molar-refractivity contribution in [2.45, 2.75) is 45.3 Å². The Labute approximate surface area is 165 Å². The summed E-state index contributed by atoms with van der Waals surface area (Å²) in [4.78, 5) is 30.2. The van der Waals surface area contributed by atoms with Crippen molar-refractivity contribution in [3.8, 4) is 11.1 Å². The maximum Gasteiger partial charge on any atom is 0.326 e. The van der Waals surface area contributed by atoms with Crippen molar-refractivity contribution < 1.29 is 13.9 Å². The summed E-state index contributed by atoms with van der Waals surface area (Å²) < 4.78 is 20.1. The molecule has 5 nitrogen and oxygen atoms in total. The molecule has 0 unspecified atom stereocenters. The number of hydrogen-bond acceptors (Lipinski definition) is 5. The van der Waals surface area contributed by atoms with Crippen LogP contribution in [0.25, 0.3) is 21.3 Å². The molecule has 0 radical (unpaired) electrons. The number of fused-ring (bicyclic) bond motifs is 1. The number of carbonyl (C=O) groups excluding carboxylic acids is 1. The van der Waals surface area contributed by atoms with Gasteiger partial charge in [0.25, 0.3) is 5.56 Å². The molecule has 0 saturated heterocycles. The standard InChI is InChI=1S/C21H21FN2O3S/c1-13-3-2-4-16(9-13)27-18(25)10-24-12-23-20-19(21(24)26)17(11-28-20)14-5-7-15(22)8-6-14/h5-8,11-13,16H,2-4,9-10H2,1H3/t13-,16+/m0/s1. The first kappa shape index (κ1) is 18.8. The summed E-state index contributed by atoms with van der Waals surface area (Å²) in [6.45, 7) is 2.00. The van der Waals surface area contributed by atoms with Crippen molar-refractivity contribution in [1.82, 2.24) is 9.55 Å². The van der Waals surface area contributed by atoms with E-state index in [-0.39, 0.29) is 24.0 Å². The van der Waals surface area contributed by atoms with Crippen LogP contribution in [0.15, 0.2) is 40.8 Å². The Morgan fingerprint density at radius 3 is 2.86 bits per heavy atom. The van der Waals surface area contributed by atoms with Gasteiger partial charge in [0.1, 0.15) is 23.3 Å². The van der Waals surface area contributed by atoms with Crippen LogP contribution in [0.5, 0.6) is 0 Å². The van der Waals surface area contributed by atoms with Crippen LogP contribution in [0.1, 0.15) is 32.6 Å². The Hall–Kier alpha value is -2.54. The summed E-state index contributed by atoms with van der Waals surface area (Å²) in [5, 5.41) is 2.27. The van der Waals surface area contributed by atoms with Crippen molar-refractivity contribution in [3.05, 3.63) is 52.1 Å². The molecular formula is C21H21FN2O3S. The molecule has 1 aliphatic carbocycles. The minimum Gasteiger partial charge on any atom is -0.461 e. The smallest absolute Gasteiger partial charge is 0.326 e. The number of ether oxygens (including phenoxy) is 1. The summed E-state index contributed by atoms with van der Waals surface area (Å²) in [7, 11) is 0. The molecule has 1 saturated carbocycles. The third kappa shape index (κ3) is 3.85. The molecule has 28 heavy (non-hydrogen) atoms. The molecule has 2 aromatic heterocycles. The van der Waals surface area contributed by atoms with Crippen molar-refractivity contribution in [2.24, 2.45) is 5.92 Å². The van der Waals surface area contributed by atoms with Gasteiger partial charge in [-0.25, -0.2) is 9.37 Å². The number of carbonyl (C=O) groups is 1. The van der Waals surface area contributed by atoms with Gasteiger partial charge in [-0.3, -0.25) is 14.2 Å². The average molecular weight is 400 g/mol. The zero-order valence-electron chi connectivity index (χ0n) is 15.6. The van der Waals surface area contributed by atoms with Gasteiger partial charge in [0, 0.05) is 10.9 Å². The van der Waals surface area contributed by atoms with E-state index in [1.165, 1.54) is 40.8 Å². The molecule has 2 heterocycles. The van der Waals surface area contributed by atoms with Gasteiger partial charge in [0.05, 0.1) is 11.7 Å². The fourth-order valence-electron chi connectivity index (χ4n) is 3.77. The monoisotopic (exact) mass is 400 g/mol. The van der Waals surface area contributed by atoms with Gasteiger partial charge in [0.2, 0.25) is 0 Å². The molecule has 1 fully saturated rings. The van der Waals surface area contributed by atoms with Crippen LogP contribution in [-0.4, -0.2) is 21.6 Å². The highest BCUT2D eigenvalue weighted by Gasteiger charge is 2.23. The Morgan fingerprint density at radius 1 is 1.32 bits per heavy atom. The van der Waals surface area contributed by atoms with Crippen molar-refractivity contribution >= 4 is 27.5 Å². The van der Waals surface area contributed by atoms with Crippen LogP contribution >= 0.6 is 11.3 Å². The molecule has 3 aromatic rings. The fraction of sp³-hybridized carbons (Fsp3) is 0.381. The number of esters is 1. The summed E-state index contributed by atoms with van der Waals surface area (Å²) in [6, 6.07) is 5.98. The second kappa shape index (κ2) is 7.83. The minimum atomic E-state index is -0.416. The number of halogens is 1. The summed E-state index contributed by atoms with van der Waals surface area (Å²) in [6.07, 6.45) is 5.29. The predicted molar refractivity (Wildman–Crippen MR) is 107 cm³/mol. The molecule has 0 bridgehead atoms. The SMILES string of the molecule is C[C@H]1CCC[C@@H](OC(=O)Cn2cnc3scc(-c4ccc(F)cc4)c3c2=O)C1. The summed E-state index contributed by atoms with van der Waals surface area (Å²) in [5.74, 6) is -0.198. The van der Waals surface area contributed by atoms with Crippen LogP contribution in [0.3, 0.4) is 0 Å². The van der Waals surface area contributed by atoms with E-state index in [0.717, 1.165) is 24.8 Å². The number of aromatic nitrogens is 2. The first-order valence-electron chi connectivity index (χ1n) is 9.43. The van der Waals surface area contributed by atoms with Gasteiger partial charge in [-0.1, -0.05) is 25.5 Å². The van der Waals surface area contributed by atoms with E-state index in [9.17, 15) is 14.0 Å². The molecule has 7 heteroatoms. The zero-order chi connectivity index (χ0) is 19.7. The van der Waals surface area contributed by atoms with E-state index >= 15 is 0 Å². The minimum absolute atomic E-state index is 0.0698. The van der Waals surface area contributed by atoms with E-state index in [0.29, 0.717) is 21.7 Å². The van der Waals surface area contributed by atoms with E-state index in [4.69, 9.17) is 4.74 Å². The number of benzene rings is 1. The molecule has 0 aliphatic heterocycles. The Bertz CT molecular complexity index is 1060. The van der Waals surface area contributed by atoms with Gasteiger partial charge < -0.3 is 4.74 Å². The lowest BCUT2D eigenvalue weighted by Gasteiger charge is -2.26. The zero-order valence-corrected chi connectivity index (χ0v) is 16.4. The topological polar surface area (TPSA) is 61.2 Å². The molecule has 1 aromatic carbocycles. The maximum absolute atomic E-state index is 13.2. The third-order valence-electron chi connectivity index (χ3n) is 5.20. The van der Waals surface area contributed by atoms with Crippen molar-refractivity contribution in [2.75, 3.05) is 0 Å². The third-order valence-corrected chi connectivity index (χ3v) is 6.09. The van der Waals surface area contributed by atoms with Gasteiger partial charge in [-0.05, 0) is 42.9 Å². The van der Waals surface area contributed by atoms with Gasteiger partial charge in [-0.15, -0.1) is 11.3 Å². The lowest BCUT2D eigenvalue weighted by atomic mass is 9.89. The fourth-order valence-corrected chi connectivity index (χ4v) is 4.68. The van der Waals surface area contributed by atoms with E-state index in [1.54, 1.807) is 12.1 Å².